The summed E-state index contributed by atoms with van der Waals surface area (Å²) >= 11 is 0. The molecule has 0 aliphatic rings. The zero-order valence-electron chi connectivity index (χ0n) is 7.95. The first kappa shape index (κ1) is 10.0. The standard InChI is InChI=1S/C10H15NO2/c1-7-5-8(13-2)3-4-9(7)10(12)6-11/h3-5,10,12H,6,11H2,1-2H3. The van der Waals surface area contributed by atoms with E-state index in [0.29, 0.717) is 0 Å². The predicted octanol–water partition coefficient (Wildman–Crippen LogP) is 0.996. The van der Waals surface area contributed by atoms with Crippen molar-refractivity contribution in [2.24, 2.45) is 5.73 Å². The zero-order valence-corrected chi connectivity index (χ0v) is 7.95. The Morgan fingerprint density at radius 3 is 2.69 bits per heavy atom. The number of rotatable bonds is 3. The third-order valence-corrected chi connectivity index (χ3v) is 2.06. The minimum absolute atomic E-state index is 0.243. The van der Waals surface area contributed by atoms with Gasteiger partial charge in [-0.3, -0.25) is 0 Å². The number of hydrogen-bond donors (Lipinski definition) is 2. The molecule has 0 amide bonds. The van der Waals surface area contributed by atoms with Crippen LogP contribution in [0.1, 0.15) is 17.2 Å². The molecular weight excluding hydrogens is 166 g/mol. The van der Waals surface area contributed by atoms with Gasteiger partial charge in [0.1, 0.15) is 5.75 Å². The molecule has 13 heavy (non-hydrogen) atoms. The van der Waals surface area contributed by atoms with Gasteiger partial charge < -0.3 is 15.6 Å². The third-order valence-electron chi connectivity index (χ3n) is 2.06. The maximum atomic E-state index is 9.51. The molecule has 3 heteroatoms. The molecule has 0 aromatic heterocycles. The normalized spacial score (nSPS) is 12.6. The SMILES string of the molecule is COc1ccc(C(O)CN)c(C)c1. The van der Waals surface area contributed by atoms with Gasteiger partial charge in [-0.25, -0.2) is 0 Å². The third kappa shape index (κ3) is 2.20. The molecule has 0 spiro atoms. The van der Waals surface area contributed by atoms with Crippen LogP contribution in [-0.2, 0) is 0 Å². The number of nitrogens with two attached hydrogens (primary N) is 1. The Morgan fingerprint density at radius 1 is 1.54 bits per heavy atom. The summed E-state index contributed by atoms with van der Waals surface area (Å²) in [6.07, 6.45) is -0.578. The second kappa shape index (κ2) is 4.25. The molecule has 0 bridgehead atoms. The fourth-order valence-corrected chi connectivity index (χ4v) is 1.28. The van der Waals surface area contributed by atoms with Crippen molar-refractivity contribution < 1.29 is 9.84 Å². The Morgan fingerprint density at radius 2 is 2.23 bits per heavy atom. The smallest absolute Gasteiger partial charge is 0.119 e. The van der Waals surface area contributed by atoms with Crippen LogP contribution >= 0.6 is 0 Å². The lowest BCUT2D eigenvalue weighted by atomic mass is 10.0. The molecule has 0 heterocycles. The number of benzene rings is 1. The minimum atomic E-state index is -0.578. The van der Waals surface area contributed by atoms with Gasteiger partial charge in [0, 0.05) is 6.54 Å². The van der Waals surface area contributed by atoms with E-state index in [-0.39, 0.29) is 6.54 Å². The fourth-order valence-electron chi connectivity index (χ4n) is 1.28. The highest BCUT2D eigenvalue weighted by atomic mass is 16.5. The Balaban J connectivity index is 2.98. The van der Waals surface area contributed by atoms with Crippen molar-refractivity contribution in [1.29, 1.82) is 0 Å². The fraction of sp³-hybridized carbons (Fsp3) is 0.400. The van der Waals surface area contributed by atoms with E-state index in [2.05, 4.69) is 0 Å². The number of aliphatic hydroxyl groups excluding tert-OH is 1. The molecule has 1 rings (SSSR count). The van der Waals surface area contributed by atoms with Gasteiger partial charge in [-0.15, -0.1) is 0 Å². The summed E-state index contributed by atoms with van der Waals surface area (Å²) in [4.78, 5) is 0. The van der Waals surface area contributed by atoms with Crippen LogP contribution < -0.4 is 10.5 Å². The van der Waals surface area contributed by atoms with Crippen LogP contribution in [0.25, 0.3) is 0 Å². The molecule has 1 atom stereocenters. The van der Waals surface area contributed by atoms with Crippen molar-refractivity contribution in [2.75, 3.05) is 13.7 Å². The van der Waals surface area contributed by atoms with Gasteiger partial charge in [0.05, 0.1) is 13.2 Å². The number of methoxy groups -OCH3 is 1. The van der Waals surface area contributed by atoms with Crippen LogP contribution in [0.2, 0.25) is 0 Å². The monoisotopic (exact) mass is 181 g/mol. The van der Waals surface area contributed by atoms with Gasteiger partial charge in [0.2, 0.25) is 0 Å². The highest BCUT2D eigenvalue weighted by Gasteiger charge is 2.08. The molecule has 1 aromatic rings. The number of aliphatic hydroxyl groups is 1. The van der Waals surface area contributed by atoms with E-state index >= 15 is 0 Å². The maximum Gasteiger partial charge on any atom is 0.119 e. The van der Waals surface area contributed by atoms with Crippen molar-refractivity contribution in [2.45, 2.75) is 13.0 Å². The number of hydrogen-bond acceptors (Lipinski definition) is 3. The van der Waals surface area contributed by atoms with Gasteiger partial charge in [0.25, 0.3) is 0 Å². The first-order chi connectivity index (χ1) is 6.19. The first-order valence-electron chi connectivity index (χ1n) is 4.21. The van der Waals surface area contributed by atoms with Crippen LogP contribution in [0.5, 0.6) is 5.75 Å². The van der Waals surface area contributed by atoms with Crippen molar-refractivity contribution in [3.63, 3.8) is 0 Å². The summed E-state index contributed by atoms with van der Waals surface area (Å²) in [5.74, 6) is 0.797. The first-order valence-corrected chi connectivity index (χ1v) is 4.21. The quantitative estimate of drug-likeness (QED) is 0.731. The molecule has 72 valence electrons. The Hall–Kier alpha value is -1.06. The maximum absolute atomic E-state index is 9.51. The van der Waals surface area contributed by atoms with Gasteiger partial charge >= 0.3 is 0 Å². The summed E-state index contributed by atoms with van der Waals surface area (Å²) < 4.78 is 5.05. The van der Waals surface area contributed by atoms with E-state index in [1.807, 2.05) is 25.1 Å². The molecule has 0 fully saturated rings. The van der Waals surface area contributed by atoms with Crippen LogP contribution in [-0.4, -0.2) is 18.8 Å². The lowest BCUT2D eigenvalue weighted by Crippen LogP contribution is -2.12. The van der Waals surface area contributed by atoms with E-state index in [4.69, 9.17) is 10.5 Å². The molecule has 3 nitrogen and oxygen atoms in total. The van der Waals surface area contributed by atoms with E-state index in [1.54, 1.807) is 7.11 Å². The lowest BCUT2D eigenvalue weighted by Gasteiger charge is -2.12. The highest BCUT2D eigenvalue weighted by molar-refractivity contribution is 5.36. The minimum Gasteiger partial charge on any atom is -0.497 e. The largest absolute Gasteiger partial charge is 0.497 e. The molecular formula is C10H15NO2. The Bertz CT molecular complexity index is 286. The summed E-state index contributed by atoms with van der Waals surface area (Å²) in [5.41, 5.74) is 7.22. The summed E-state index contributed by atoms with van der Waals surface area (Å²) in [5, 5.41) is 9.51. The van der Waals surface area contributed by atoms with Crippen molar-refractivity contribution >= 4 is 0 Å². The number of aryl methyl sites for hydroxylation is 1. The topological polar surface area (TPSA) is 55.5 Å². The van der Waals surface area contributed by atoms with Crippen molar-refractivity contribution in [3.8, 4) is 5.75 Å². The van der Waals surface area contributed by atoms with Crippen molar-refractivity contribution in [1.82, 2.24) is 0 Å². The molecule has 0 saturated carbocycles. The molecule has 3 N–H and O–H groups in total. The van der Waals surface area contributed by atoms with E-state index in [9.17, 15) is 5.11 Å². The van der Waals surface area contributed by atoms with Gasteiger partial charge in [0.15, 0.2) is 0 Å². The zero-order chi connectivity index (χ0) is 9.84. The van der Waals surface area contributed by atoms with Crippen molar-refractivity contribution in [3.05, 3.63) is 29.3 Å². The average molecular weight is 181 g/mol. The second-order valence-electron chi connectivity index (χ2n) is 2.97. The van der Waals surface area contributed by atoms with E-state index in [1.165, 1.54) is 0 Å². The van der Waals surface area contributed by atoms with Crippen LogP contribution in [0.3, 0.4) is 0 Å². The summed E-state index contributed by atoms with van der Waals surface area (Å²) in [7, 11) is 1.62. The van der Waals surface area contributed by atoms with E-state index < -0.39 is 6.10 Å². The van der Waals surface area contributed by atoms with Crippen LogP contribution in [0.15, 0.2) is 18.2 Å². The molecule has 0 radical (unpaired) electrons. The average Bonchev–Trinajstić information content (AvgIpc) is 2.16. The second-order valence-corrected chi connectivity index (χ2v) is 2.97. The molecule has 0 aliphatic carbocycles. The Labute approximate surface area is 78.1 Å². The van der Waals surface area contributed by atoms with Crippen LogP contribution in [0.4, 0.5) is 0 Å². The van der Waals surface area contributed by atoms with E-state index in [0.717, 1.165) is 16.9 Å². The molecule has 0 aliphatic heterocycles. The van der Waals surface area contributed by atoms with Gasteiger partial charge in [-0.05, 0) is 30.2 Å². The lowest BCUT2D eigenvalue weighted by molar-refractivity contribution is 0.186. The molecule has 1 unspecified atom stereocenters. The predicted molar refractivity (Wildman–Crippen MR) is 51.7 cm³/mol. The van der Waals surface area contributed by atoms with Gasteiger partial charge in [-0.2, -0.15) is 0 Å². The molecule has 0 saturated heterocycles. The number of ether oxygens (including phenoxy) is 1. The Kier molecular flexibility index (Phi) is 3.28. The van der Waals surface area contributed by atoms with Gasteiger partial charge in [-0.1, -0.05) is 6.07 Å². The molecule has 1 aromatic carbocycles. The van der Waals surface area contributed by atoms with Crippen LogP contribution in [0, 0.1) is 6.92 Å². The summed E-state index contributed by atoms with van der Waals surface area (Å²) in [6.45, 7) is 2.17. The highest BCUT2D eigenvalue weighted by Crippen LogP contribution is 2.21. The summed E-state index contributed by atoms with van der Waals surface area (Å²) in [6, 6.07) is 5.54.